The van der Waals surface area contributed by atoms with Crippen molar-refractivity contribution in [3.8, 4) is 11.6 Å². The van der Waals surface area contributed by atoms with Gasteiger partial charge in [-0.1, -0.05) is 0 Å². The highest BCUT2D eigenvalue weighted by Gasteiger charge is 2.34. The summed E-state index contributed by atoms with van der Waals surface area (Å²) in [5, 5.41) is 0.529. The fourth-order valence-electron chi connectivity index (χ4n) is 3.02. The Kier molecular flexibility index (Phi) is 3.24. The Morgan fingerprint density at radius 3 is 2.96 bits per heavy atom. The Labute approximate surface area is 136 Å². The largest absolute Gasteiger partial charge is 0.574 e. The summed E-state index contributed by atoms with van der Waals surface area (Å²) in [5.74, 6) is 0.0913. The molecule has 0 bridgehead atoms. The standard InChI is InChI=1S/C16H19F3N2O2/c1-21-7-3-4-10(21)8-13-12-9-11(22-2)5-6-14(12)20-15(13)23-16(17,18)19/h5-6,9-10,20H,3-4,7-8H2,1-2H3/t10-/m1/s1/i1D3. The van der Waals surface area contributed by atoms with Crippen LogP contribution >= 0.6 is 0 Å². The first-order valence-corrected chi connectivity index (χ1v) is 7.29. The van der Waals surface area contributed by atoms with Gasteiger partial charge in [0.05, 0.1) is 7.11 Å². The predicted octanol–water partition coefficient (Wildman–Crippen LogP) is 3.71. The molecule has 1 saturated heterocycles. The van der Waals surface area contributed by atoms with E-state index in [9.17, 15) is 13.2 Å². The van der Waals surface area contributed by atoms with Gasteiger partial charge in [0.1, 0.15) is 5.75 Å². The van der Waals surface area contributed by atoms with Crippen molar-refractivity contribution in [3.05, 3.63) is 23.8 Å². The lowest BCUT2D eigenvalue weighted by Crippen LogP contribution is -2.27. The van der Waals surface area contributed by atoms with Crippen molar-refractivity contribution < 1.29 is 26.8 Å². The molecule has 2 heterocycles. The van der Waals surface area contributed by atoms with Crippen LogP contribution in [-0.4, -0.2) is 42.9 Å². The van der Waals surface area contributed by atoms with Crippen LogP contribution in [0.5, 0.6) is 11.6 Å². The molecule has 0 radical (unpaired) electrons. The van der Waals surface area contributed by atoms with Crippen LogP contribution in [0.25, 0.3) is 10.9 Å². The summed E-state index contributed by atoms with van der Waals surface area (Å²) in [5.41, 5.74) is 0.774. The van der Waals surface area contributed by atoms with Crippen molar-refractivity contribution >= 4 is 10.9 Å². The lowest BCUT2D eigenvalue weighted by molar-refractivity contribution is -0.276. The Morgan fingerprint density at radius 2 is 2.26 bits per heavy atom. The molecular weight excluding hydrogens is 309 g/mol. The maximum Gasteiger partial charge on any atom is 0.574 e. The minimum absolute atomic E-state index is 0.136. The summed E-state index contributed by atoms with van der Waals surface area (Å²) in [6, 6.07) is 4.48. The van der Waals surface area contributed by atoms with Crippen molar-refractivity contribution in [2.24, 2.45) is 0 Å². The van der Waals surface area contributed by atoms with Crippen LogP contribution in [-0.2, 0) is 6.42 Å². The number of halogens is 3. The number of H-pyrrole nitrogens is 1. The van der Waals surface area contributed by atoms with Crippen LogP contribution in [0.1, 0.15) is 22.5 Å². The fourth-order valence-corrected chi connectivity index (χ4v) is 3.02. The molecule has 23 heavy (non-hydrogen) atoms. The molecule has 4 nitrogen and oxygen atoms in total. The van der Waals surface area contributed by atoms with Crippen LogP contribution in [0.4, 0.5) is 13.2 Å². The Morgan fingerprint density at radius 1 is 1.43 bits per heavy atom. The lowest BCUT2D eigenvalue weighted by Gasteiger charge is -2.20. The second-order valence-electron chi connectivity index (χ2n) is 5.59. The Bertz CT molecular complexity index is 789. The Hall–Kier alpha value is -1.89. The van der Waals surface area contributed by atoms with Crippen LogP contribution in [0, 0.1) is 0 Å². The first kappa shape index (κ1) is 12.5. The lowest BCUT2D eigenvalue weighted by atomic mass is 10.0. The van der Waals surface area contributed by atoms with E-state index in [1.807, 2.05) is 0 Å². The van der Waals surface area contributed by atoms with Crippen molar-refractivity contribution in [1.82, 2.24) is 9.88 Å². The summed E-state index contributed by atoms with van der Waals surface area (Å²) in [6.07, 6.45) is -3.43. The Balaban J connectivity index is 2.02. The summed E-state index contributed by atoms with van der Waals surface area (Å²) < 4.78 is 70.6. The number of rotatable bonds is 4. The molecule has 0 spiro atoms. The second kappa shape index (κ2) is 5.96. The van der Waals surface area contributed by atoms with E-state index in [2.05, 4.69) is 9.72 Å². The number of nitrogens with one attached hydrogen (secondary N) is 1. The third-order valence-corrected chi connectivity index (χ3v) is 4.11. The van der Waals surface area contributed by atoms with E-state index in [1.165, 1.54) is 12.0 Å². The normalized spacial score (nSPS) is 21.9. The minimum atomic E-state index is -4.85. The number of nitrogens with zero attached hydrogens (tertiary/aromatic N) is 1. The van der Waals surface area contributed by atoms with E-state index in [4.69, 9.17) is 8.85 Å². The SMILES string of the molecule is [2H]C([2H])([2H])N1CCC[C@@H]1Cc1c(OC(F)(F)F)[nH]c2ccc(OC)cc12. The van der Waals surface area contributed by atoms with Crippen molar-refractivity contribution in [1.29, 1.82) is 0 Å². The zero-order chi connectivity index (χ0) is 19.1. The van der Waals surface area contributed by atoms with Gasteiger partial charge in [-0.15, -0.1) is 13.2 Å². The summed E-state index contributed by atoms with van der Waals surface area (Å²) >= 11 is 0. The van der Waals surface area contributed by atoms with Gasteiger partial charge < -0.3 is 19.4 Å². The smallest absolute Gasteiger partial charge is 0.497 e. The highest BCUT2D eigenvalue weighted by Crippen LogP contribution is 2.36. The number of alkyl halides is 3. The van der Waals surface area contributed by atoms with Crippen LogP contribution in [0.2, 0.25) is 0 Å². The van der Waals surface area contributed by atoms with E-state index < -0.39 is 19.2 Å². The number of methoxy groups -OCH3 is 1. The van der Waals surface area contributed by atoms with Gasteiger partial charge in [0.25, 0.3) is 0 Å². The number of hydrogen-bond acceptors (Lipinski definition) is 3. The molecule has 1 aliphatic rings. The van der Waals surface area contributed by atoms with Crippen LogP contribution in [0.3, 0.4) is 0 Å². The van der Waals surface area contributed by atoms with E-state index in [0.29, 0.717) is 41.6 Å². The van der Waals surface area contributed by atoms with Gasteiger partial charge in [-0.05, 0) is 51.0 Å². The molecule has 7 heteroatoms. The molecule has 3 rings (SSSR count). The van der Waals surface area contributed by atoms with Gasteiger partial charge in [0, 0.05) is 26.6 Å². The van der Waals surface area contributed by atoms with Gasteiger partial charge in [0.15, 0.2) is 0 Å². The summed E-state index contributed by atoms with van der Waals surface area (Å²) in [4.78, 5) is 4.01. The van der Waals surface area contributed by atoms with Crippen molar-refractivity contribution in [2.75, 3.05) is 20.6 Å². The number of benzene rings is 1. The molecule has 0 amide bonds. The van der Waals surface area contributed by atoms with Crippen molar-refractivity contribution in [2.45, 2.75) is 31.7 Å². The highest BCUT2D eigenvalue weighted by molar-refractivity contribution is 5.87. The molecule has 126 valence electrons. The van der Waals surface area contributed by atoms with Gasteiger partial charge in [-0.2, -0.15) is 0 Å². The highest BCUT2D eigenvalue weighted by atomic mass is 19.4. The monoisotopic (exact) mass is 331 g/mol. The molecule has 2 aromatic rings. The van der Waals surface area contributed by atoms with E-state index >= 15 is 0 Å². The molecule has 1 aromatic heterocycles. The minimum Gasteiger partial charge on any atom is -0.497 e. The molecule has 1 aromatic carbocycles. The number of likely N-dealkylation sites (tertiary alicyclic amines) is 1. The van der Waals surface area contributed by atoms with Crippen LogP contribution in [0.15, 0.2) is 18.2 Å². The molecule has 0 aliphatic carbocycles. The molecule has 1 fully saturated rings. The maximum atomic E-state index is 12.8. The van der Waals surface area contributed by atoms with E-state index in [-0.39, 0.29) is 12.5 Å². The van der Waals surface area contributed by atoms with Gasteiger partial charge >= 0.3 is 6.36 Å². The second-order valence-corrected chi connectivity index (χ2v) is 5.59. The zero-order valence-corrected chi connectivity index (χ0v) is 12.5. The van der Waals surface area contributed by atoms with Gasteiger partial charge in [-0.3, -0.25) is 0 Å². The molecule has 1 atom stereocenters. The number of hydrogen-bond donors (Lipinski definition) is 1. The van der Waals surface area contributed by atoms with Gasteiger partial charge in [0.2, 0.25) is 5.88 Å². The molecular formula is C16H19F3N2O2. The average Bonchev–Trinajstić information content (AvgIpc) is 3.11. The fraction of sp³-hybridized carbons (Fsp3) is 0.500. The number of ether oxygens (including phenoxy) is 2. The zero-order valence-electron chi connectivity index (χ0n) is 15.5. The third kappa shape index (κ3) is 3.39. The summed E-state index contributed by atoms with van der Waals surface area (Å²) in [6.45, 7) is -1.89. The van der Waals surface area contributed by atoms with Gasteiger partial charge in [-0.25, -0.2) is 0 Å². The molecule has 1 N–H and O–H groups in total. The summed E-state index contributed by atoms with van der Waals surface area (Å²) in [7, 11) is 1.47. The number of aromatic nitrogens is 1. The first-order valence-electron chi connectivity index (χ1n) is 8.79. The first-order chi connectivity index (χ1) is 12.1. The molecule has 0 saturated carbocycles. The molecule has 0 unspecified atom stereocenters. The van der Waals surface area contributed by atoms with E-state index in [1.54, 1.807) is 18.2 Å². The van der Waals surface area contributed by atoms with Crippen molar-refractivity contribution in [3.63, 3.8) is 0 Å². The van der Waals surface area contributed by atoms with Crippen LogP contribution < -0.4 is 9.47 Å². The number of fused-ring (bicyclic) bond motifs is 1. The maximum absolute atomic E-state index is 12.8. The third-order valence-electron chi connectivity index (χ3n) is 4.11. The predicted molar refractivity (Wildman–Crippen MR) is 80.9 cm³/mol. The molecule has 1 aliphatic heterocycles. The number of aromatic amines is 1. The number of likely N-dealkylation sites (N-methyl/N-ethyl adjacent to an activating group) is 1. The average molecular weight is 331 g/mol. The quantitative estimate of drug-likeness (QED) is 0.928. The van der Waals surface area contributed by atoms with E-state index in [0.717, 1.165) is 0 Å². The topological polar surface area (TPSA) is 37.5 Å².